The summed E-state index contributed by atoms with van der Waals surface area (Å²) in [5.41, 5.74) is 6.42. The summed E-state index contributed by atoms with van der Waals surface area (Å²) in [7, 11) is 0. The Morgan fingerprint density at radius 3 is 2.16 bits per heavy atom. The number of nitrogens with zero attached hydrogens (tertiary/aromatic N) is 2. The molecule has 5 nitrogen and oxygen atoms in total. The number of carbonyl (C=O) groups excluding carboxylic acids is 1. The molecule has 0 radical (unpaired) electrons. The van der Waals surface area contributed by atoms with Crippen LogP contribution >= 0.6 is 0 Å². The second-order valence-electron chi connectivity index (χ2n) is 3.75. The molecule has 96 valence electrons. The molecule has 2 aromatic carbocycles. The van der Waals surface area contributed by atoms with Gasteiger partial charge in [-0.15, -0.1) is 5.11 Å². The Labute approximate surface area is 110 Å². The molecule has 0 aliphatic rings. The Morgan fingerprint density at radius 1 is 1.00 bits per heavy atom. The highest BCUT2D eigenvalue weighted by Gasteiger charge is 2.13. The molecule has 0 aliphatic carbocycles. The lowest BCUT2D eigenvalue weighted by molar-refractivity contribution is 0.108. The molecule has 0 aliphatic heterocycles. The van der Waals surface area contributed by atoms with Gasteiger partial charge in [-0.1, -0.05) is 48.5 Å². The predicted molar refractivity (Wildman–Crippen MR) is 70.8 cm³/mol. The smallest absolute Gasteiger partial charge is 0.406 e. The van der Waals surface area contributed by atoms with Gasteiger partial charge in [0.1, 0.15) is 0 Å². The molecule has 2 aromatic rings. The number of ether oxygens (including phenoxy) is 1. The Bertz CT molecular complexity index is 555. The van der Waals surface area contributed by atoms with E-state index in [2.05, 4.69) is 10.2 Å². The van der Waals surface area contributed by atoms with E-state index >= 15 is 0 Å². The van der Waals surface area contributed by atoms with Crippen molar-refractivity contribution in [1.29, 1.82) is 0 Å². The molecule has 0 bridgehead atoms. The van der Waals surface area contributed by atoms with Gasteiger partial charge in [0, 0.05) is 5.56 Å². The minimum absolute atomic E-state index is 0.677. The normalized spacial score (nSPS) is 12.2. The van der Waals surface area contributed by atoms with Crippen LogP contribution in [0.4, 0.5) is 10.5 Å². The summed E-state index contributed by atoms with van der Waals surface area (Å²) < 4.78 is 4.94. The van der Waals surface area contributed by atoms with Crippen molar-refractivity contribution in [3.8, 4) is 0 Å². The molecule has 1 unspecified atom stereocenters. The summed E-state index contributed by atoms with van der Waals surface area (Å²) in [4.78, 5) is 10.9. The van der Waals surface area contributed by atoms with Crippen LogP contribution in [0, 0.1) is 0 Å². The van der Waals surface area contributed by atoms with Crippen molar-refractivity contribution in [3.63, 3.8) is 0 Å². The molecule has 19 heavy (non-hydrogen) atoms. The van der Waals surface area contributed by atoms with E-state index in [1.165, 1.54) is 0 Å². The molecule has 1 amide bonds. The first kappa shape index (κ1) is 12.8. The number of hydrogen-bond donors (Lipinski definition) is 1. The largest absolute Gasteiger partial charge is 0.418 e. The van der Waals surface area contributed by atoms with E-state index in [9.17, 15) is 4.79 Å². The summed E-state index contributed by atoms with van der Waals surface area (Å²) in [5.74, 6) is 0. The molecule has 0 aromatic heterocycles. The van der Waals surface area contributed by atoms with Crippen LogP contribution in [0.1, 0.15) is 11.8 Å². The number of primary amides is 1. The van der Waals surface area contributed by atoms with Gasteiger partial charge in [-0.05, 0) is 12.1 Å². The number of benzene rings is 2. The fourth-order valence-corrected chi connectivity index (χ4v) is 1.50. The fourth-order valence-electron chi connectivity index (χ4n) is 1.50. The monoisotopic (exact) mass is 255 g/mol. The molecule has 0 spiro atoms. The van der Waals surface area contributed by atoms with E-state index in [1.54, 1.807) is 24.3 Å². The van der Waals surface area contributed by atoms with E-state index < -0.39 is 12.3 Å². The molecule has 0 saturated heterocycles. The molecule has 2 N–H and O–H groups in total. The molecule has 5 heteroatoms. The number of nitrogens with two attached hydrogens (primary N) is 1. The minimum atomic E-state index is -0.888. The fraction of sp³-hybridized carbons (Fsp3) is 0.0714. The second kappa shape index (κ2) is 6.30. The number of hydrogen-bond acceptors (Lipinski definition) is 4. The zero-order valence-corrected chi connectivity index (χ0v) is 10.1. The highest BCUT2D eigenvalue weighted by molar-refractivity contribution is 5.65. The van der Waals surface area contributed by atoms with Gasteiger partial charge < -0.3 is 10.5 Å². The maximum absolute atomic E-state index is 10.9. The third-order valence-electron chi connectivity index (χ3n) is 2.35. The molecule has 0 fully saturated rings. The highest BCUT2D eigenvalue weighted by atomic mass is 16.6. The highest BCUT2D eigenvalue weighted by Crippen LogP contribution is 2.21. The summed E-state index contributed by atoms with van der Waals surface area (Å²) in [6.07, 6.45) is -1.72. The summed E-state index contributed by atoms with van der Waals surface area (Å²) in [6.45, 7) is 0. The molecular weight excluding hydrogens is 242 g/mol. The van der Waals surface area contributed by atoms with Gasteiger partial charge in [0.25, 0.3) is 0 Å². The average molecular weight is 255 g/mol. The van der Waals surface area contributed by atoms with Crippen molar-refractivity contribution in [3.05, 3.63) is 66.2 Å². The van der Waals surface area contributed by atoms with Crippen LogP contribution in [0.15, 0.2) is 70.9 Å². The van der Waals surface area contributed by atoms with Crippen LogP contribution in [0.25, 0.3) is 0 Å². The maximum Gasteiger partial charge on any atom is 0.406 e. The van der Waals surface area contributed by atoms with Gasteiger partial charge in [0.05, 0.1) is 5.69 Å². The van der Waals surface area contributed by atoms with Crippen LogP contribution in [-0.4, -0.2) is 6.09 Å². The Kier molecular flexibility index (Phi) is 4.23. The van der Waals surface area contributed by atoms with Crippen molar-refractivity contribution in [2.45, 2.75) is 6.23 Å². The lowest BCUT2D eigenvalue weighted by Gasteiger charge is -2.10. The second-order valence-corrected chi connectivity index (χ2v) is 3.75. The SMILES string of the molecule is NC(=O)OC(N=Nc1ccccc1)c1ccccc1. The van der Waals surface area contributed by atoms with Crippen molar-refractivity contribution >= 4 is 11.8 Å². The minimum Gasteiger partial charge on any atom is -0.418 e. The predicted octanol–water partition coefficient (Wildman–Crippen LogP) is 3.56. The number of carbonyl (C=O) groups is 1. The van der Waals surface area contributed by atoms with E-state index in [-0.39, 0.29) is 0 Å². The molecular formula is C14H13N3O2. The van der Waals surface area contributed by atoms with Crippen LogP contribution in [0.2, 0.25) is 0 Å². The van der Waals surface area contributed by atoms with Gasteiger partial charge in [0.2, 0.25) is 6.23 Å². The molecule has 0 heterocycles. The van der Waals surface area contributed by atoms with E-state index in [0.717, 1.165) is 0 Å². The standard InChI is InChI=1S/C14H13N3O2/c15-14(18)19-13(11-7-3-1-4-8-11)17-16-12-9-5-2-6-10-12/h1-10,13H,(H2,15,18). The lowest BCUT2D eigenvalue weighted by atomic mass is 10.2. The Morgan fingerprint density at radius 2 is 1.58 bits per heavy atom. The topological polar surface area (TPSA) is 77.0 Å². The first-order chi connectivity index (χ1) is 9.25. The Balaban J connectivity index is 2.19. The quantitative estimate of drug-likeness (QED) is 0.848. The van der Waals surface area contributed by atoms with Gasteiger partial charge in [-0.2, -0.15) is 5.11 Å². The van der Waals surface area contributed by atoms with Crippen molar-refractivity contribution < 1.29 is 9.53 Å². The Hall–Kier alpha value is -2.69. The molecule has 2 rings (SSSR count). The van der Waals surface area contributed by atoms with E-state index in [4.69, 9.17) is 10.5 Å². The third kappa shape index (κ3) is 3.92. The van der Waals surface area contributed by atoms with Gasteiger partial charge in [-0.3, -0.25) is 0 Å². The maximum atomic E-state index is 10.9. The third-order valence-corrected chi connectivity index (χ3v) is 2.35. The number of rotatable bonds is 4. The van der Waals surface area contributed by atoms with Gasteiger partial charge in [-0.25, -0.2) is 4.79 Å². The first-order valence-corrected chi connectivity index (χ1v) is 5.72. The van der Waals surface area contributed by atoms with Gasteiger partial charge >= 0.3 is 6.09 Å². The van der Waals surface area contributed by atoms with Crippen molar-refractivity contribution in [2.24, 2.45) is 16.0 Å². The summed E-state index contributed by atoms with van der Waals surface area (Å²) >= 11 is 0. The number of azo groups is 1. The lowest BCUT2D eigenvalue weighted by Crippen LogP contribution is -2.16. The summed E-state index contributed by atoms with van der Waals surface area (Å²) in [6, 6.07) is 18.3. The van der Waals surface area contributed by atoms with Gasteiger partial charge in [0.15, 0.2) is 0 Å². The zero-order valence-electron chi connectivity index (χ0n) is 10.1. The van der Waals surface area contributed by atoms with Crippen molar-refractivity contribution in [1.82, 2.24) is 0 Å². The molecule has 1 atom stereocenters. The van der Waals surface area contributed by atoms with Crippen molar-refractivity contribution in [2.75, 3.05) is 0 Å². The van der Waals surface area contributed by atoms with E-state index in [0.29, 0.717) is 11.3 Å². The number of amides is 1. The first-order valence-electron chi connectivity index (χ1n) is 5.72. The van der Waals surface area contributed by atoms with Crippen LogP contribution < -0.4 is 5.73 Å². The van der Waals surface area contributed by atoms with Crippen LogP contribution in [-0.2, 0) is 4.74 Å². The zero-order chi connectivity index (χ0) is 13.5. The van der Waals surface area contributed by atoms with E-state index in [1.807, 2.05) is 36.4 Å². The van der Waals surface area contributed by atoms with Crippen LogP contribution in [0.5, 0.6) is 0 Å². The van der Waals surface area contributed by atoms with Crippen LogP contribution in [0.3, 0.4) is 0 Å². The summed E-state index contributed by atoms with van der Waals surface area (Å²) in [5, 5.41) is 8.03. The average Bonchev–Trinajstić information content (AvgIpc) is 2.45. The molecule has 0 saturated carbocycles.